The maximum absolute atomic E-state index is 13.2. The first-order valence-corrected chi connectivity index (χ1v) is 10.9. The van der Waals surface area contributed by atoms with Crippen LogP contribution in [0, 0.1) is 0 Å². The predicted octanol–water partition coefficient (Wildman–Crippen LogP) is 5.37. The van der Waals surface area contributed by atoms with Crippen molar-refractivity contribution in [2.24, 2.45) is 0 Å². The molecule has 164 valence electrons. The molecule has 0 bridgehead atoms. The quantitative estimate of drug-likeness (QED) is 0.265. The van der Waals surface area contributed by atoms with E-state index in [2.05, 4.69) is 0 Å². The fourth-order valence-electron chi connectivity index (χ4n) is 3.36. The Labute approximate surface area is 184 Å². The van der Waals surface area contributed by atoms with Crippen molar-refractivity contribution in [1.29, 1.82) is 0 Å². The number of thiophene rings is 1. The third kappa shape index (κ3) is 4.45. The summed E-state index contributed by atoms with van der Waals surface area (Å²) in [4.78, 5) is 36.6. The molecular formula is C23H24O7S. The number of rotatable bonds is 5. The third-order valence-corrected chi connectivity index (χ3v) is 5.82. The van der Waals surface area contributed by atoms with E-state index in [1.54, 1.807) is 12.1 Å². The van der Waals surface area contributed by atoms with Gasteiger partial charge >= 0.3 is 5.97 Å². The lowest BCUT2D eigenvalue weighted by Gasteiger charge is -2.20. The lowest BCUT2D eigenvalue weighted by Crippen LogP contribution is -2.24. The Morgan fingerprint density at radius 2 is 2.06 bits per heavy atom. The zero-order chi connectivity index (χ0) is 22.2. The van der Waals surface area contributed by atoms with Gasteiger partial charge < -0.3 is 19.1 Å². The van der Waals surface area contributed by atoms with Crippen LogP contribution in [0.2, 0.25) is 0 Å². The number of Topliss-reactive ketones (excluding diaryl/α,β-unsaturated/α-hetero) is 1. The van der Waals surface area contributed by atoms with Crippen LogP contribution in [0.3, 0.4) is 0 Å². The second-order valence-electron chi connectivity index (χ2n) is 8.22. The summed E-state index contributed by atoms with van der Waals surface area (Å²) < 4.78 is 17.0. The summed E-state index contributed by atoms with van der Waals surface area (Å²) in [5.74, 6) is 0.395. The third-order valence-electron chi connectivity index (χ3n) is 4.73. The van der Waals surface area contributed by atoms with Crippen molar-refractivity contribution in [3.05, 3.63) is 51.6 Å². The van der Waals surface area contributed by atoms with E-state index < -0.39 is 11.6 Å². The van der Waals surface area contributed by atoms with Gasteiger partial charge in [0.1, 0.15) is 22.8 Å². The Bertz CT molecular complexity index is 1060. The molecule has 0 atom stereocenters. The standard InChI is InChI=1S/C23H24O7S/c1-5-26-11-14-7-9-16-18(19(14)24)22(31-20(16)21(25)29-23(2,3)4)28-15-8-6-13-12-27-30-17(13)10-15/h6,8,10-11H,5,7,9,12H2,1-4H3/b14-11+. The van der Waals surface area contributed by atoms with Crippen molar-refractivity contribution in [1.82, 2.24) is 0 Å². The highest BCUT2D eigenvalue weighted by Gasteiger charge is 2.35. The fourth-order valence-corrected chi connectivity index (χ4v) is 4.45. The number of allylic oxidation sites excluding steroid dienone is 1. The summed E-state index contributed by atoms with van der Waals surface area (Å²) >= 11 is 1.12. The summed E-state index contributed by atoms with van der Waals surface area (Å²) in [5, 5.41) is 0.349. The predicted molar refractivity (Wildman–Crippen MR) is 114 cm³/mol. The van der Waals surface area contributed by atoms with Gasteiger partial charge in [-0.1, -0.05) is 11.3 Å². The molecular weight excluding hydrogens is 420 g/mol. The summed E-state index contributed by atoms with van der Waals surface area (Å²) in [6.07, 6.45) is 2.51. The summed E-state index contributed by atoms with van der Waals surface area (Å²) in [6, 6.07) is 5.32. The van der Waals surface area contributed by atoms with E-state index in [9.17, 15) is 9.59 Å². The normalized spacial score (nSPS) is 16.5. The summed E-state index contributed by atoms with van der Waals surface area (Å²) in [5.41, 5.74) is 1.87. The van der Waals surface area contributed by atoms with Gasteiger partial charge in [0.2, 0.25) is 0 Å². The van der Waals surface area contributed by atoms with Gasteiger partial charge in [0, 0.05) is 17.2 Å². The van der Waals surface area contributed by atoms with Gasteiger partial charge in [0.25, 0.3) is 0 Å². The number of hydrogen-bond donors (Lipinski definition) is 0. The average Bonchev–Trinajstić information content (AvgIpc) is 3.31. The van der Waals surface area contributed by atoms with E-state index in [0.29, 0.717) is 64.2 Å². The first-order valence-electron chi connectivity index (χ1n) is 10.1. The van der Waals surface area contributed by atoms with E-state index in [4.69, 9.17) is 24.0 Å². The molecule has 4 rings (SSSR count). The SMILES string of the molecule is CCO/C=C1\CCc2c(C(=O)OC(C)(C)C)sc(Oc3ccc4c(c3)OOC4)c2C1=O. The average molecular weight is 445 g/mol. The van der Waals surface area contributed by atoms with E-state index in [1.165, 1.54) is 6.26 Å². The van der Waals surface area contributed by atoms with Crippen molar-refractivity contribution in [3.8, 4) is 16.6 Å². The molecule has 8 heteroatoms. The van der Waals surface area contributed by atoms with Gasteiger partial charge in [-0.15, -0.1) is 0 Å². The first-order chi connectivity index (χ1) is 14.8. The second-order valence-corrected chi connectivity index (χ2v) is 9.20. The highest BCUT2D eigenvalue weighted by molar-refractivity contribution is 7.16. The van der Waals surface area contributed by atoms with Crippen LogP contribution >= 0.6 is 11.3 Å². The molecule has 0 saturated heterocycles. The number of benzene rings is 1. The van der Waals surface area contributed by atoms with Gasteiger partial charge in [-0.3, -0.25) is 4.79 Å². The fraction of sp³-hybridized carbons (Fsp3) is 0.391. The molecule has 2 heterocycles. The minimum absolute atomic E-state index is 0.198. The van der Waals surface area contributed by atoms with Crippen LogP contribution in [0.4, 0.5) is 0 Å². The molecule has 1 aliphatic heterocycles. The lowest BCUT2D eigenvalue weighted by molar-refractivity contribution is -0.194. The second kappa shape index (κ2) is 8.36. The van der Waals surface area contributed by atoms with E-state index in [1.807, 2.05) is 33.8 Å². The van der Waals surface area contributed by atoms with Gasteiger partial charge in [-0.2, -0.15) is 4.89 Å². The molecule has 2 aliphatic rings. The molecule has 0 N–H and O–H groups in total. The Balaban J connectivity index is 1.73. The molecule has 0 radical (unpaired) electrons. The van der Waals surface area contributed by atoms with Crippen molar-refractivity contribution >= 4 is 23.1 Å². The van der Waals surface area contributed by atoms with Gasteiger partial charge in [-0.25, -0.2) is 4.79 Å². The van der Waals surface area contributed by atoms with E-state index in [-0.39, 0.29) is 5.78 Å². The number of fused-ring (bicyclic) bond motifs is 2. The van der Waals surface area contributed by atoms with Crippen molar-refractivity contribution < 1.29 is 33.6 Å². The van der Waals surface area contributed by atoms with Crippen LogP contribution in [0.25, 0.3) is 0 Å². The van der Waals surface area contributed by atoms with Crippen molar-refractivity contribution in [3.63, 3.8) is 0 Å². The molecule has 0 amide bonds. The summed E-state index contributed by atoms with van der Waals surface area (Å²) in [7, 11) is 0. The highest BCUT2D eigenvalue weighted by atomic mass is 32.1. The molecule has 0 unspecified atom stereocenters. The van der Waals surface area contributed by atoms with Crippen LogP contribution in [0.1, 0.15) is 65.3 Å². The topological polar surface area (TPSA) is 80.3 Å². The number of hydrogen-bond acceptors (Lipinski definition) is 8. The van der Waals surface area contributed by atoms with Crippen LogP contribution < -0.4 is 9.62 Å². The van der Waals surface area contributed by atoms with Crippen LogP contribution in [-0.4, -0.2) is 24.0 Å². The first kappa shape index (κ1) is 21.4. The minimum atomic E-state index is -0.648. The maximum atomic E-state index is 13.2. The molecule has 0 saturated carbocycles. The van der Waals surface area contributed by atoms with Gasteiger partial charge in [0.05, 0.1) is 18.4 Å². The molecule has 2 aromatic rings. The Kier molecular flexibility index (Phi) is 5.77. The van der Waals surface area contributed by atoms with Crippen LogP contribution in [0.5, 0.6) is 16.6 Å². The van der Waals surface area contributed by atoms with Gasteiger partial charge in [0.15, 0.2) is 16.6 Å². The van der Waals surface area contributed by atoms with Gasteiger partial charge in [-0.05, 0) is 58.2 Å². The zero-order valence-corrected chi connectivity index (χ0v) is 18.7. The van der Waals surface area contributed by atoms with Crippen LogP contribution in [0.15, 0.2) is 30.0 Å². The Morgan fingerprint density at radius 3 is 2.81 bits per heavy atom. The Morgan fingerprint density at radius 1 is 1.26 bits per heavy atom. The zero-order valence-electron chi connectivity index (χ0n) is 17.9. The molecule has 1 aromatic carbocycles. The highest BCUT2D eigenvalue weighted by Crippen LogP contribution is 2.44. The molecule has 1 aliphatic carbocycles. The number of ketones is 1. The van der Waals surface area contributed by atoms with Crippen molar-refractivity contribution in [2.45, 2.75) is 52.7 Å². The number of carbonyl (C=O) groups is 2. The maximum Gasteiger partial charge on any atom is 0.349 e. The van der Waals surface area contributed by atoms with Crippen molar-refractivity contribution in [2.75, 3.05) is 6.61 Å². The molecule has 1 aromatic heterocycles. The summed E-state index contributed by atoms with van der Waals surface area (Å²) in [6.45, 7) is 8.12. The minimum Gasteiger partial charge on any atom is -0.501 e. The molecule has 7 nitrogen and oxygen atoms in total. The lowest BCUT2D eigenvalue weighted by atomic mass is 9.88. The number of esters is 1. The van der Waals surface area contributed by atoms with E-state index in [0.717, 1.165) is 16.9 Å². The van der Waals surface area contributed by atoms with Crippen LogP contribution in [-0.2, 0) is 27.4 Å². The molecule has 0 spiro atoms. The molecule has 0 fully saturated rings. The number of carbonyl (C=O) groups excluding carboxylic acids is 2. The van der Waals surface area contributed by atoms with E-state index >= 15 is 0 Å². The Hall–Kier alpha value is -2.84. The molecule has 31 heavy (non-hydrogen) atoms. The monoisotopic (exact) mass is 444 g/mol. The largest absolute Gasteiger partial charge is 0.501 e. The number of ether oxygens (including phenoxy) is 3. The smallest absolute Gasteiger partial charge is 0.349 e.